The summed E-state index contributed by atoms with van der Waals surface area (Å²) in [5, 5.41) is 9.62. The third-order valence-corrected chi connectivity index (χ3v) is 4.85. The average molecular weight is 368 g/mol. The van der Waals surface area contributed by atoms with E-state index in [1.807, 2.05) is 36.4 Å². The van der Waals surface area contributed by atoms with Crippen molar-refractivity contribution in [2.45, 2.75) is 38.6 Å². The zero-order valence-corrected chi connectivity index (χ0v) is 15.8. The van der Waals surface area contributed by atoms with Crippen LogP contribution in [0, 0.1) is 5.92 Å². The van der Waals surface area contributed by atoms with Crippen LogP contribution in [0.5, 0.6) is 0 Å². The second-order valence-electron chi connectivity index (χ2n) is 6.85. The third kappa shape index (κ3) is 5.88. The summed E-state index contributed by atoms with van der Waals surface area (Å²) in [6, 6.07) is 11.8. The number of carbonyl (C=O) groups is 1. The number of benzene rings is 1. The molecule has 27 heavy (non-hydrogen) atoms. The Morgan fingerprint density at radius 3 is 2.78 bits per heavy atom. The fourth-order valence-corrected chi connectivity index (χ4v) is 3.36. The first-order valence-corrected chi connectivity index (χ1v) is 9.61. The van der Waals surface area contributed by atoms with E-state index in [1.165, 1.54) is 0 Å². The Morgan fingerprint density at radius 1 is 1.19 bits per heavy atom. The van der Waals surface area contributed by atoms with Crippen molar-refractivity contribution in [2.75, 3.05) is 18.9 Å². The number of furan rings is 1. The van der Waals surface area contributed by atoms with E-state index in [4.69, 9.17) is 4.42 Å². The lowest BCUT2D eigenvalue weighted by Gasteiger charge is -2.13. The predicted octanol–water partition coefficient (Wildman–Crippen LogP) is 3.32. The Morgan fingerprint density at radius 2 is 2.04 bits per heavy atom. The highest BCUT2D eigenvalue weighted by Crippen LogP contribution is 2.26. The highest BCUT2D eigenvalue weighted by molar-refractivity contribution is 5.92. The number of anilines is 1. The second-order valence-corrected chi connectivity index (χ2v) is 6.85. The largest absolute Gasteiger partial charge is 0.469 e. The molecule has 1 amide bonds. The molecule has 144 valence electrons. The van der Waals surface area contributed by atoms with E-state index in [0.717, 1.165) is 61.6 Å². The Hall–Kier alpha value is -2.76. The van der Waals surface area contributed by atoms with Crippen molar-refractivity contribution in [1.29, 1.82) is 0 Å². The van der Waals surface area contributed by atoms with Gasteiger partial charge in [0.2, 0.25) is 5.91 Å². The van der Waals surface area contributed by atoms with Gasteiger partial charge in [0.25, 0.3) is 0 Å². The Kier molecular flexibility index (Phi) is 6.90. The molecule has 6 nitrogen and oxygen atoms in total. The molecule has 0 saturated heterocycles. The molecule has 0 spiro atoms. The van der Waals surface area contributed by atoms with Crippen LogP contribution in [-0.4, -0.2) is 25.5 Å². The molecule has 6 heteroatoms. The van der Waals surface area contributed by atoms with Gasteiger partial charge in [0.05, 0.1) is 6.26 Å². The van der Waals surface area contributed by atoms with Crippen molar-refractivity contribution in [2.24, 2.45) is 10.9 Å². The lowest BCUT2D eigenvalue weighted by Crippen LogP contribution is -2.37. The van der Waals surface area contributed by atoms with Gasteiger partial charge >= 0.3 is 0 Å². The van der Waals surface area contributed by atoms with Gasteiger partial charge in [0.15, 0.2) is 5.96 Å². The molecule has 3 rings (SSSR count). The maximum Gasteiger partial charge on any atom is 0.227 e. The molecule has 0 atom stereocenters. The van der Waals surface area contributed by atoms with Crippen molar-refractivity contribution < 1.29 is 9.21 Å². The second kappa shape index (κ2) is 9.80. The lowest BCUT2D eigenvalue weighted by atomic mass is 10.1. The summed E-state index contributed by atoms with van der Waals surface area (Å²) in [5.74, 6) is 2.00. The fourth-order valence-electron chi connectivity index (χ4n) is 3.36. The summed E-state index contributed by atoms with van der Waals surface area (Å²) in [6.07, 6.45) is 6.82. The first-order valence-electron chi connectivity index (χ1n) is 9.61. The molecule has 0 radical (unpaired) electrons. The first-order chi connectivity index (χ1) is 13.2. The third-order valence-electron chi connectivity index (χ3n) is 4.85. The molecule has 1 aliphatic rings. The molecular formula is C21H28N4O2. The Balaban J connectivity index is 1.45. The molecule has 0 aliphatic heterocycles. The van der Waals surface area contributed by atoms with Crippen LogP contribution in [0.25, 0.3) is 0 Å². The van der Waals surface area contributed by atoms with Gasteiger partial charge < -0.3 is 20.4 Å². The van der Waals surface area contributed by atoms with Gasteiger partial charge in [-0.3, -0.25) is 9.79 Å². The van der Waals surface area contributed by atoms with E-state index >= 15 is 0 Å². The summed E-state index contributed by atoms with van der Waals surface area (Å²) in [7, 11) is 1.75. The number of amides is 1. The number of rotatable bonds is 7. The maximum atomic E-state index is 12.3. The number of nitrogens with zero attached hydrogens (tertiary/aromatic N) is 1. The average Bonchev–Trinajstić information content (AvgIpc) is 3.38. The molecule has 1 aromatic carbocycles. The highest BCUT2D eigenvalue weighted by atomic mass is 16.3. The van der Waals surface area contributed by atoms with Crippen LogP contribution >= 0.6 is 0 Å². The fraction of sp³-hybridized carbons (Fsp3) is 0.429. The van der Waals surface area contributed by atoms with Crippen LogP contribution in [-0.2, 0) is 17.8 Å². The smallest absolute Gasteiger partial charge is 0.227 e. The molecule has 2 aromatic rings. The van der Waals surface area contributed by atoms with Gasteiger partial charge in [-0.15, -0.1) is 0 Å². The van der Waals surface area contributed by atoms with E-state index in [-0.39, 0.29) is 11.8 Å². The van der Waals surface area contributed by atoms with Gasteiger partial charge in [0, 0.05) is 38.2 Å². The Labute approximate surface area is 160 Å². The first kappa shape index (κ1) is 19.0. The number of carbonyl (C=O) groups excluding carboxylic acids is 1. The number of guanidine groups is 1. The van der Waals surface area contributed by atoms with Gasteiger partial charge in [-0.05, 0) is 42.7 Å². The van der Waals surface area contributed by atoms with E-state index in [1.54, 1.807) is 13.3 Å². The SMILES string of the molecule is CN=C(NCCc1ccco1)NCc1cccc(NC(=O)C2CCCC2)c1. The molecule has 0 unspecified atom stereocenters. The summed E-state index contributed by atoms with van der Waals surface area (Å²) in [4.78, 5) is 16.5. The summed E-state index contributed by atoms with van der Waals surface area (Å²) in [6.45, 7) is 1.37. The molecule has 1 heterocycles. The van der Waals surface area contributed by atoms with E-state index < -0.39 is 0 Å². The van der Waals surface area contributed by atoms with Crippen molar-refractivity contribution in [3.63, 3.8) is 0 Å². The number of nitrogens with one attached hydrogen (secondary N) is 3. The van der Waals surface area contributed by atoms with Gasteiger partial charge in [-0.1, -0.05) is 25.0 Å². The van der Waals surface area contributed by atoms with Crippen LogP contribution in [0.2, 0.25) is 0 Å². The quantitative estimate of drug-likeness (QED) is 0.517. The van der Waals surface area contributed by atoms with Crippen LogP contribution in [0.1, 0.15) is 37.0 Å². The van der Waals surface area contributed by atoms with Gasteiger partial charge in [-0.25, -0.2) is 0 Å². The van der Waals surface area contributed by atoms with Gasteiger partial charge in [0.1, 0.15) is 5.76 Å². The van der Waals surface area contributed by atoms with E-state index in [0.29, 0.717) is 6.54 Å². The standard InChI is InChI=1S/C21H28N4O2/c1-22-21(23-12-11-19-10-5-13-27-19)24-15-16-6-4-9-18(14-16)25-20(26)17-7-2-3-8-17/h4-6,9-10,13-14,17H,2-3,7-8,11-12,15H2,1H3,(H,25,26)(H2,22,23,24). The highest BCUT2D eigenvalue weighted by Gasteiger charge is 2.22. The summed E-state index contributed by atoms with van der Waals surface area (Å²) in [5.41, 5.74) is 1.94. The topological polar surface area (TPSA) is 78.7 Å². The molecule has 1 aromatic heterocycles. The Bertz CT molecular complexity index is 749. The predicted molar refractivity (Wildman–Crippen MR) is 108 cm³/mol. The van der Waals surface area contributed by atoms with Crippen LogP contribution in [0.15, 0.2) is 52.1 Å². The van der Waals surface area contributed by atoms with Crippen LogP contribution in [0.4, 0.5) is 5.69 Å². The summed E-state index contributed by atoms with van der Waals surface area (Å²) >= 11 is 0. The lowest BCUT2D eigenvalue weighted by molar-refractivity contribution is -0.119. The van der Waals surface area contributed by atoms with Crippen molar-refractivity contribution in [3.05, 3.63) is 54.0 Å². The monoisotopic (exact) mass is 368 g/mol. The van der Waals surface area contributed by atoms with Crippen LogP contribution < -0.4 is 16.0 Å². The zero-order valence-electron chi connectivity index (χ0n) is 15.8. The molecular weight excluding hydrogens is 340 g/mol. The normalized spacial score (nSPS) is 14.9. The minimum atomic E-state index is 0.146. The molecule has 1 saturated carbocycles. The molecule has 1 aliphatic carbocycles. The number of aliphatic imine (C=N–C) groups is 1. The van der Waals surface area contributed by atoms with Crippen molar-refractivity contribution >= 4 is 17.6 Å². The van der Waals surface area contributed by atoms with Crippen molar-refractivity contribution in [1.82, 2.24) is 10.6 Å². The van der Waals surface area contributed by atoms with Gasteiger partial charge in [-0.2, -0.15) is 0 Å². The zero-order chi connectivity index (χ0) is 18.9. The molecule has 3 N–H and O–H groups in total. The van der Waals surface area contributed by atoms with E-state index in [2.05, 4.69) is 20.9 Å². The minimum absolute atomic E-state index is 0.146. The molecule has 0 bridgehead atoms. The minimum Gasteiger partial charge on any atom is -0.469 e. The molecule has 1 fully saturated rings. The van der Waals surface area contributed by atoms with Crippen LogP contribution in [0.3, 0.4) is 0 Å². The number of hydrogen-bond acceptors (Lipinski definition) is 3. The van der Waals surface area contributed by atoms with E-state index in [9.17, 15) is 4.79 Å². The number of hydrogen-bond donors (Lipinski definition) is 3. The maximum absolute atomic E-state index is 12.3. The summed E-state index contributed by atoms with van der Waals surface area (Å²) < 4.78 is 5.33. The van der Waals surface area contributed by atoms with Crippen molar-refractivity contribution in [3.8, 4) is 0 Å².